The van der Waals surface area contributed by atoms with E-state index in [-0.39, 0.29) is 30.2 Å². The number of nitrogens with two attached hydrogens (primary N) is 1. The fourth-order valence-corrected chi connectivity index (χ4v) is 2.41. The monoisotopic (exact) mass is 213 g/mol. The fourth-order valence-electron chi connectivity index (χ4n) is 0.686. The molecule has 0 aromatic carbocycles. The highest BCUT2D eigenvalue weighted by atomic mass is 35.5. The standard InChI is InChI=1S/C6H12ClNO3S/c7-3-5-12(10,11)4-1-2-6(8)9/h1-5H2,(H2,8,9). The molecule has 0 spiro atoms. The van der Waals surface area contributed by atoms with Gasteiger partial charge in [-0.2, -0.15) is 0 Å². The third kappa shape index (κ3) is 6.42. The van der Waals surface area contributed by atoms with Crippen LogP contribution in [0.25, 0.3) is 0 Å². The lowest BCUT2D eigenvalue weighted by molar-refractivity contribution is -0.118. The number of primary amides is 1. The number of amides is 1. The summed E-state index contributed by atoms with van der Waals surface area (Å²) in [5, 5.41) is 0. The maximum absolute atomic E-state index is 11.0. The normalized spacial score (nSPS) is 11.4. The van der Waals surface area contributed by atoms with Crippen molar-refractivity contribution in [3.63, 3.8) is 0 Å². The van der Waals surface area contributed by atoms with E-state index in [2.05, 4.69) is 0 Å². The number of halogens is 1. The smallest absolute Gasteiger partial charge is 0.217 e. The van der Waals surface area contributed by atoms with E-state index in [1.165, 1.54) is 0 Å². The maximum Gasteiger partial charge on any atom is 0.217 e. The van der Waals surface area contributed by atoms with Crippen LogP contribution in [-0.4, -0.2) is 31.7 Å². The van der Waals surface area contributed by atoms with Gasteiger partial charge in [0, 0.05) is 12.3 Å². The molecule has 0 aliphatic rings. The molecule has 0 aliphatic carbocycles. The first-order chi connectivity index (χ1) is 5.48. The van der Waals surface area contributed by atoms with Crippen LogP contribution in [0.3, 0.4) is 0 Å². The fraction of sp³-hybridized carbons (Fsp3) is 0.833. The molecule has 0 rings (SSSR count). The average Bonchev–Trinajstić information content (AvgIpc) is 1.85. The second-order valence-corrected chi connectivity index (χ2v) is 5.09. The van der Waals surface area contributed by atoms with Crippen LogP contribution in [0.4, 0.5) is 0 Å². The Balaban J connectivity index is 3.69. The van der Waals surface area contributed by atoms with Crippen LogP contribution in [-0.2, 0) is 14.6 Å². The summed E-state index contributed by atoms with van der Waals surface area (Å²) in [6, 6.07) is 0. The molecule has 2 N–H and O–H groups in total. The Hall–Kier alpha value is -0.290. The molecule has 6 heteroatoms. The predicted molar refractivity (Wildman–Crippen MR) is 47.8 cm³/mol. The van der Waals surface area contributed by atoms with Gasteiger partial charge >= 0.3 is 0 Å². The van der Waals surface area contributed by atoms with Crippen LogP contribution < -0.4 is 5.73 Å². The molecule has 72 valence electrons. The van der Waals surface area contributed by atoms with E-state index in [4.69, 9.17) is 17.3 Å². The van der Waals surface area contributed by atoms with Gasteiger partial charge in [0.25, 0.3) is 0 Å². The predicted octanol–water partition coefficient (Wildman–Crippen LogP) is -0.0945. The Bertz CT molecular complexity index is 237. The molecule has 4 nitrogen and oxygen atoms in total. The molecule has 0 unspecified atom stereocenters. The molecular formula is C6H12ClNO3S. The molecular weight excluding hydrogens is 202 g/mol. The van der Waals surface area contributed by atoms with Gasteiger partial charge < -0.3 is 5.73 Å². The Morgan fingerprint density at radius 3 is 2.33 bits per heavy atom. The zero-order valence-electron chi connectivity index (χ0n) is 6.62. The van der Waals surface area contributed by atoms with Crippen molar-refractivity contribution >= 4 is 27.3 Å². The van der Waals surface area contributed by atoms with Gasteiger partial charge in [-0.15, -0.1) is 11.6 Å². The first-order valence-corrected chi connectivity index (χ1v) is 5.88. The van der Waals surface area contributed by atoms with Gasteiger partial charge in [-0.25, -0.2) is 8.42 Å². The second-order valence-electron chi connectivity index (χ2n) is 2.41. The van der Waals surface area contributed by atoms with E-state index >= 15 is 0 Å². The lowest BCUT2D eigenvalue weighted by Gasteiger charge is -1.99. The summed E-state index contributed by atoms with van der Waals surface area (Å²) in [5.41, 5.74) is 4.84. The van der Waals surface area contributed by atoms with Gasteiger partial charge in [-0.05, 0) is 6.42 Å². The lowest BCUT2D eigenvalue weighted by Crippen LogP contribution is -2.16. The van der Waals surface area contributed by atoms with Gasteiger partial charge in [0.1, 0.15) is 0 Å². The molecule has 0 aromatic rings. The van der Waals surface area contributed by atoms with Crippen LogP contribution in [0.1, 0.15) is 12.8 Å². The quantitative estimate of drug-likeness (QED) is 0.627. The van der Waals surface area contributed by atoms with Crippen molar-refractivity contribution in [1.82, 2.24) is 0 Å². The number of hydrogen-bond donors (Lipinski definition) is 1. The largest absolute Gasteiger partial charge is 0.370 e. The third-order valence-electron chi connectivity index (χ3n) is 1.27. The minimum atomic E-state index is -3.07. The molecule has 12 heavy (non-hydrogen) atoms. The number of carbonyl (C=O) groups is 1. The molecule has 1 amide bonds. The van der Waals surface area contributed by atoms with E-state index in [1.54, 1.807) is 0 Å². The molecule has 0 aromatic heterocycles. The van der Waals surface area contributed by atoms with E-state index in [9.17, 15) is 13.2 Å². The first kappa shape index (κ1) is 11.7. The molecule has 0 saturated heterocycles. The van der Waals surface area contributed by atoms with E-state index in [0.717, 1.165) is 0 Å². The van der Waals surface area contributed by atoms with Gasteiger partial charge in [-0.3, -0.25) is 4.79 Å². The summed E-state index contributed by atoms with van der Waals surface area (Å²) in [5.74, 6) is -0.425. The summed E-state index contributed by atoms with van der Waals surface area (Å²) in [6.45, 7) is 0. The van der Waals surface area contributed by atoms with Crippen molar-refractivity contribution in [1.29, 1.82) is 0 Å². The maximum atomic E-state index is 11.0. The van der Waals surface area contributed by atoms with Crippen LogP contribution in [0.2, 0.25) is 0 Å². The van der Waals surface area contributed by atoms with E-state index < -0.39 is 15.7 Å². The van der Waals surface area contributed by atoms with Crippen molar-refractivity contribution in [2.45, 2.75) is 12.8 Å². The summed E-state index contributed by atoms with van der Waals surface area (Å²) in [7, 11) is -3.07. The number of alkyl halides is 1. The lowest BCUT2D eigenvalue weighted by atomic mass is 10.3. The Morgan fingerprint density at radius 2 is 1.92 bits per heavy atom. The van der Waals surface area contributed by atoms with Crippen LogP contribution >= 0.6 is 11.6 Å². The Kier molecular flexibility index (Phi) is 5.24. The third-order valence-corrected chi connectivity index (χ3v) is 3.42. The molecule has 0 radical (unpaired) electrons. The van der Waals surface area contributed by atoms with Gasteiger partial charge in [0.2, 0.25) is 5.91 Å². The average molecular weight is 214 g/mol. The van der Waals surface area contributed by atoms with Crippen LogP contribution in [0.5, 0.6) is 0 Å². The molecule has 0 bridgehead atoms. The number of sulfone groups is 1. The first-order valence-electron chi connectivity index (χ1n) is 3.52. The molecule has 0 fully saturated rings. The van der Waals surface area contributed by atoms with Crippen molar-refractivity contribution in [2.24, 2.45) is 5.73 Å². The van der Waals surface area contributed by atoms with Gasteiger partial charge in [0.05, 0.1) is 11.5 Å². The zero-order valence-corrected chi connectivity index (χ0v) is 8.20. The van der Waals surface area contributed by atoms with Crippen molar-refractivity contribution in [2.75, 3.05) is 17.4 Å². The molecule has 0 saturated carbocycles. The summed E-state index contributed by atoms with van der Waals surface area (Å²) in [6.07, 6.45) is 0.399. The van der Waals surface area contributed by atoms with Gasteiger partial charge in [0.15, 0.2) is 9.84 Å². The van der Waals surface area contributed by atoms with E-state index in [0.29, 0.717) is 0 Å². The Morgan fingerprint density at radius 1 is 1.33 bits per heavy atom. The highest BCUT2D eigenvalue weighted by Crippen LogP contribution is 1.97. The van der Waals surface area contributed by atoms with E-state index in [1.807, 2.05) is 0 Å². The molecule has 0 atom stereocenters. The molecule has 0 aliphatic heterocycles. The van der Waals surface area contributed by atoms with Crippen molar-refractivity contribution < 1.29 is 13.2 Å². The highest BCUT2D eigenvalue weighted by Gasteiger charge is 2.09. The Labute approximate surface area is 77.0 Å². The topological polar surface area (TPSA) is 77.2 Å². The minimum absolute atomic E-state index is 0.0112. The zero-order chi connectivity index (χ0) is 9.61. The minimum Gasteiger partial charge on any atom is -0.370 e. The summed E-state index contributed by atoms with van der Waals surface area (Å²) in [4.78, 5) is 10.2. The van der Waals surface area contributed by atoms with Crippen LogP contribution in [0.15, 0.2) is 0 Å². The highest BCUT2D eigenvalue weighted by molar-refractivity contribution is 7.91. The number of rotatable bonds is 6. The van der Waals surface area contributed by atoms with Crippen LogP contribution in [0, 0.1) is 0 Å². The van der Waals surface area contributed by atoms with Crippen molar-refractivity contribution in [3.8, 4) is 0 Å². The number of carbonyl (C=O) groups excluding carboxylic acids is 1. The summed E-state index contributed by atoms with van der Waals surface area (Å²) >= 11 is 5.26. The summed E-state index contributed by atoms with van der Waals surface area (Å²) < 4.78 is 22.0. The second kappa shape index (κ2) is 5.37. The molecule has 0 heterocycles. The number of hydrogen-bond acceptors (Lipinski definition) is 3. The SMILES string of the molecule is NC(=O)CCCS(=O)(=O)CCCl. The van der Waals surface area contributed by atoms with Gasteiger partial charge in [-0.1, -0.05) is 0 Å². The van der Waals surface area contributed by atoms with Crippen molar-refractivity contribution in [3.05, 3.63) is 0 Å².